The maximum absolute atomic E-state index is 13.8. The first kappa shape index (κ1) is 19.5. The number of aromatic nitrogens is 3. The van der Waals surface area contributed by atoms with Crippen molar-refractivity contribution in [1.82, 2.24) is 19.4 Å². The Labute approximate surface area is 170 Å². The van der Waals surface area contributed by atoms with Crippen molar-refractivity contribution >= 4 is 11.8 Å². The van der Waals surface area contributed by atoms with E-state index in [0.717, 1.165) is 11.8 Å². The highest BCUT2D eigenvalue weighted by Gasteiger charge is 2.23. The summed E-state index contributed by atoms with van der Waals surface area (Å²) in [6.07, 6.45) is 1.42. The smallest absolute Gasteiger partial charge is 0.337 e. The highest BCUT2D eigenvalue weighted by Crippen LogP contribution is 2.17. The number of benzene rings is 1. The van der Waals surface area contributed by atoms with E-state index in [2.05, 4.69) is 15.0 Å². The van der Waals surface area contributed by atoms with Crippen molar-refractivity contribution in [2.45, 2.75) is 12.9 Å². The molecular formula is C20H19FN6O3. The standard InChI is InChI=1S/C20H19FN6O3/c1-26-16(22)15-18(25-20(26)29)27(17(24-15)13-7-14(21)9-23-8-13)10-11-3-5-12(6-4-11)19(28)30-2/h3-9,20,29H,10,22H2,1-2H3. The number of ether oxygens (including phenoxy) is 1. The number of pyridine rings is 1. The fraction of sp³-hybridized carbons (Fsp3) is 0.200. The van der Waals surface area contributed by atoms with E-state index in [9.17, 15) is 14.3 Å². The summed E-state index contributed by atoms with van der Waals surface area (Å²) < 4.78 is 20.2. The van der Waals surface area contributed by atoms with Gasteiger partial charge in [0.2, 0.25) is 6.35 Å². The van der Waals surface area contributed by atoms with Gasteiger partial charge in [-0.15, -0.1) is 0 Å². The van der Waals surface area contributed by atoms with Crippen LogP contribution in [0.25, 0.3) is 17.2 Å². The van der Waals surface area contributed by atoms with Crippen molar-refractivity contribution in [2.75, 3.05) is 14.2 Å². The Balaban J connectivity index is 1.87. The monoisotopic (exact) mass is 410 g/mol. The van der Waals surface area contributed by atoms with Crippen molar-refractivity contribution in [3.8, 4) is 11.4 Å². The van der Waals surface area contributed by atoms with Crippen LogP contribution in [0.1, 0.15) is 15.9 Å². The topological polar surface area (TPSA) is 119 Å². The predicted molar refractivity (Wildman–Crippen MR) is 104 cm³/mol. The van der Waals surface area contributed by atoms with Crippen molar-refractivity contribution < 1.29 is 19.0 Å². The molecular weight excluding hydrogens is 391 g/mol. The maximum Gasteiger partial charge on any atom is 0.337 e. The molecule has 1 aliphatic rings. The summed E-state index contributed by atoms with van der Waals surface area (Å²) in [5.41, 5.74) is 8.20. The van der Waals surface area contributed by atoms with Crippen LogP contribution in [-0.2, 0) is 11.3 Å². The van der Waals surface area contributed by atoms with Crippen LogP contribution in [0.15, 0.2) is 47.7 Å². The number of fused-ring (bicyclic) bond motifs is 1. The summed E-state index contributed by atoms with van der Waals surface area (Å²) in [6, 6.07) is 8.14. The molecule has 1 aliphatic heterocycles. The molecule has 9 nitrogen and oxygen atoms in total. The number of aliphatic hydroxyl groups is 1. The summed E-state index contributed by atoms with van der Waals surface area (Å²) in [5, 5.41) is 10.6. The number of nitrogens with zero attached hydrogens (tertiary/aromatic N) is 5. The summed E-state index contributed by atoms with van der Waals surface area (Å²) in [5.74, 6) is -0.291. The van der Waals surface area contributed by atoms with Crippen LogP contribution >= 0.6 is 0 Å². The zero-order valence-electron chi connectivity index (χ0n) is 16.3. The Morgan fingerprint density at radius 3 is 2.70 bits per heavy atom. The first-order valence-electron chi connectivity index (χ1n) is 9.02. The lowest BCUT2D eigenvalue weighted by Crippen LogP contribution is -2.48. The van der Waals surface area contributed by atoms with E-state index in [1.807, 2.05) is 0 Å². The Hall–Kier alpha value is -3.79. The number of aliphatic hydroxyl groups excluding tert-OH is 1. The highest BCUT2D eigenvalue weighted by molar-refractivity contribution is 5.89. The van der Waals surface area contributed by atoms with Crippen LogP contribution in [0.4, 0.5) is 4.39 Å². The molecule has 3 N–H and O–H groups in total. The molecule has 0 fully saturated rings. The van der Waals surface area contributed by atoms with Crippen molar-refractivity contribution in [1.29, 1.82) is 0 Å². The molecule has 10 heteroatoms. The average molecular weight is 410 g/mol. The molecule has 4 rings (SSSR count). The van der Waals surface area contributed by atoms with Gasteiger partial charge >= 0.3 is 5.97 Å². The molecule has 0 saturated carbocycles. The van der Waals surface area contributed by atoms with Gasteiger partial charge in [0.05, 0.1) is 25.4 Å². The lowest BCUT2D eigenvalue weighted by molar-refractivity contribution is 0.0597. The van der Waals surface area contributed by atoms with E-state index in [1.165, 1.54) is 24.3 Å². The van der Waals surface area contributed by atoms with Crippen LogP contribution < -0.4 is 16.6 Å². The van der Waals surface area contributed by atoms with E-state index >= 15 is 0 Å². The van der Waals surface area contributed by atoms with Crippen molar-refractivity contribution in [2.24, 2.45) is 10.7 Å². The quantitative estimate of drug-likeness (QED) is 0.571. The molecule has 154 valence electrons. The molecule has 30 heavy (non-hydrogen) atoms. The second-order valence-corrected chi connectivity index (χ2v) is 6.75. The number of carbonyl (C=O) groups excluding carboxylic acids is 1. The molecule has 1 atom stereocenters. The fourth-order valence-electron chi connectivity index (χ4n) is 3.19. The van der Waals surface area contributed by atoms with Gasteiger partial charge in [0.1, 0.15) is 22.8 Å². The number of nitrogens with two attached hydrogens (primary N) is 1. The molecule has 1 aromatic carbocycles. The van der Waals surface area contributed by atoms with E-state index < -0.39 is 18.1 Å². The van der Waals surface area contributed by atoms with E-state index in [4.69, 9.17) is 10.5 Å². The lowest BCUT2D eigenvalue weighted by atomic mass is 10.1. The zero-order chi connectivity index (χ0) is 21.4. The first-order valence-corrected chi connectivity index (χ1v) is 9.02. The van der Waals surface area contributed by atoms with Crippen LogP contribution in [0.2, 0.25) is 0 Å². The van der Waals surface area contributed by atoms with Crippen molar-refractivity contribution in [3.05, 3.63) is 70.5 Å². The molecule has 3 aromatic rings. The lowest BCUT2D eigenvalue weighted by Gasteiger charge is -2.24. The molecule has 0 spiro atoms. The van der Waals surface area contributed by atoms with Crippen LogP contribution in [0.3, 0.4) is 0 Å². The predicted octanol–water partition coefficient (Wildman–Crippen LogP) is -0.216. The minimum atomic E-state index is -1.17. The highest BCUT2D eigenvalue weighted by atomic mass is 19.1. The van der Waals surface area contributed by atoms with Gasteiger partial charge in [0.15, 0.2) is 5.49 Å². The normalized spacial score (nSPS) is 15.5. The van der Waals surface area contributed by atoms with Gasteiger partial charge in [0.25, 0.3) is 0 Å². The summed E-state index contributed by atoms with van der Waals surface area (Å²) >= 11 is 0. The van der Waals surface area contributed by atoms with Gasteiger partial charge in [0, 0.05) is 18.8 Å². The number of hydrogen-bond acceptors (Lipinski definition) is 8. The number of methoxy groups -OCH3 is 1. The summed E-state index contributed by atoms with van der Waals surface area (Å²) in [7, 11) is 2.92. The number of rotatable bonds is 4. The third kappa shape index (κ3) is 3.37. The van der Waals surface area contributed by atoms with Gasteiger partial charge in [-0.05, 0) is 23.8 Å². The molecule has 2 aromatic heterocycles. The Morgan fingerprint density at radius 2 is 2.03 bits per heavy atom. The van der Waals surface area contributed by atoms with E-state index in [0.29, 0.717) is 34.3 Å². The average Bonchev–Trinajstić information content (AvgIpc) is 3.10. The minimum Gasteiger partial charge on any atom is -0.465 e. The molecule has 0 radical (unpaired) electrons. The molecule has 1 unspecified atom stereocenters. The number of imidazole rings is 1. The van der Waals surface area contributed by atoms with E-state index in [1.54, 1.807) is 35.9 Å². The minimum absolute atomic E-state index is 0.248. The third-order valence-electron chi connectivity index (χ3n) is 4.83. The fourth-order valence-corrected chi connectivity index (χ4v) is 3.19. The van der Waals surface area contributed by atoms with Gasteiger partial charge in [-0.1, -0.05) is 12.1 Å². The summed E-state index contributed by atoms with van der Waals surface area (Å²) in [4.78, 5) is 25.8. The maximum atomic E-state index is 13.8. The van der Waals surface area contributed by atoms with Gasteiger partial charge < -0.3 is 25.0 Å². The molecule has 0 bridgehead atoms. The molecule has 0 amide bonds. The first-order chi connectivity index (χ1) is 14.4. The van der Waals surface area contributed by atoms with Crippen LogP contribution in [-0.4, -0.2) is 51.0 Å². The zero-order valence-corrected chi connectivity index (χ0v) is 16.3. The second kappa shape index (κ2) is 7.56. The van der Waals surface area contributed by atoms with Crippen LogP contribution in [0.5, 0.6) is 0 Å². The Bertz CT molecular complexity index is 1240. The Kier molecular flexibility index (Phi) is 4.92. The van der Waals surface area contributed by atoms with Crippen molar-refractivity contribution in [3.63, 3.8) is 0 Å². The number of esters is 1. The molecule has 3 heterocycles. The number of halogens is 1. The van der Waals surface area contributed by atoms with Gasteiger partial charge in [-0.25, -0.2) is 19.2 Å². The molecule has 0 saturated heterocycles. The van der Waals surface area contributed by atoms with Gasteiger partial charge in [-0.3, -0.25) is 4.98 Å². The summed E-state index contributed by atoms with van der Waals surface area (Å²) in [6.45, 7) is 0.294. The van der Waals surface area contributed by atoms with Gasteiger partial charge in [-0.2, -0.15) is 0 Å². The Morgan fingerprint density at radius 1 is 1.30 bits per heavy atom. The third-order valence-corrected chi connectivity index (χ3v) is 4.83. The van der Waals surface area contributed by atoms with E-state index in [-0.39, 0.29) is 5.82 Å². The number of hydrogen-bond donors (Lipinski definition) is 2. The SMILES string of the molecule is COC(=O)c1ccc(Cn2c(-c3cncc(F)c3)nc3c2=NC(O)N(C)C=3N)cc1. The molecule has 0 aliphatic carbocycles. The number of carbonyl (C=O) groups is 1. The largest absolute Gasteiger partial charge is 0.465 e. The van der Waals surface area contributed by atoms with Crippen LogP contribution in [0, 0.1) is 5.82 Å². The second-order valence-electron chi connectivity index (χ2n) is 6.75.